The minimum atomic E-state index is 0.620. The van der Waals surface area contributed by atoms with Gasteiger partial charge >= 0.3 is 0 Å². The molecule has 0 aliphatic rings. The fraction of sp³-hybridized carbons (Fsp3) is 0.200. The fourth-order valence-corrected chi connectivity index (χ4v) is 2.38. The van der Waals surface area contributed by atoms with Crippen LogP contribution in [0.4, 0.5) is 17.3 Å². The Morgan fingerprint density at radius 3 is 2.31 bits per heavy atom. The number of rotatable bonds is 8. The van der Waals surface area contributed by atoms with Gasteiger partial charge in [-0.25, -0.2) is 9.97 Å². The number of para-hydroxylation sites is 1. The Kier molecular flexibility index (Phi) is 6.01. The number of nitrogens with zero attached hydrogens (tertiary/aromatic N) is 2. The lowest BCUT2D eigenvalue weighted by Gasteiger charge is -2.11. The van der Waals surface area contributed by atoms with E-state index in [9.17, 15) is 0 Å². The van der Waals surface area contributed by atoms with Crippen molar-refractivity contribution >= 4 is 17.3 Å². The first kappa shape index (κ1) is 17.7. The van der Waals surface area contributed by atoms with Crippen molar-refractivity contribution in [2.75, 3.05) is 30.9 Å². The van der Waals surface area contributed by atoms with Gasteiger partial charge in [-0.15, -0.1) is 0 Å². The van der Waals surface area contributed by atoms with Crippen LogP contribution in [0.25, 0.3) is 0 Å². The molecule has 0 aliphatic carbocycles. The predicted molar refractivity (Wildman–Crippen MR) is 103 cm³/mol. The third kappa shape index (κ3) is 5.19. The minimum absolute atomic E-state index is 0.620. The highest BCUT2D eigenvalue weighted by atomic mass is 16.5. The number of aromatic nitrogens is 2. The van der Waals surface area contributed by atoms with Crippen LogP contribution in [0.1, 0.15) is 5.82 Å². The third-order valence-corrected chi connectivity index (χ3v) is 3.56. The van der Waals surface area contributed by atoms with E-state index in [1.54, 1.807) is 7.11 Å². The van der Waals surface area contributed by atoms with Crippen LogP contribution < -0.4 is 15.4 Å². The van der Waals surface area contributed by atoms with E-state index in [-0.39, 0.29) is 0 Å². The minimum Gasteiger partial charge on any atom is -0.457 e. The summed E-state index contributed by atoms with van der Waals surface area (Å²) in [7, 11) is 1.67. The normalized spacial score (nSPS) is 10.4. The van der Waals surface area contributed by atoms with Gasteiger partial charge in [0.2, 0.25) is 0 Å². The third-order valence-electron chi connectivity index (χ3n) is 3.56. The maximum atomic E-state index is 5.80. The van der Waals surface area contributed by atoms with Crippen LogP contribution in [0, 0.1) is 6.92 Å². The highest BCUT2D eigenvalue weighted by Gasteiger charge is 2.03. The van der Waals surface area contributed by atoms with Crippen molar-refractivity contribution in [1.82, 2.24) is 9.97 Å². The van der Waals surface area contributed by atoms with Crippen molar-refractivity contribution < 1.29 is 9.47 Å². The van der Waals surface area contributed by atoms with Crippen molar-refractivity contribution in [3.05, 3.63) is 66.5 Å². The number of hydrogen-bond acceptors (Lipinski definition) is 6. The Hall–Kier alpha value is -3.12. The summed E-state index contributed by atoms with van der Waals surface area (Å²) in [6.07, 6.45) is 0. The number of hydrogen-bond donors (Lipinski definition) is 2. The van der Waals surface area contributed by atoms with E-state index >= 15 is 0 Å². The summed E-state index contributed by atoms with van der Waals surface area (Å²) in [5, 5.41) is 6.50. The Labute approximate surface area is 153 Å². The van der Waals surface area contributed by atoms with E-state index in [1.807, 2.05) is 67.6 Å². The molecule has 0 fully saturated rings. The van der Waals surface area contributed by atoms with Gasteiger partial charge in [0.1, 0.15) is 29.0 Å². The first-order valence-corrected chi connectivity index (χ1v) is 8.41. The lowest BCUT2D eigenvalue weighted by atomic mass is 10.3. The molecule has 0 bridgehead atoms. The summed E-state index contributed by atoms with van der Waals surface area (Å²) in [6, 6.07) is 19.3. The SMILES string of the molecule is COCCNc1cc(Nc2ccc(Oc3ccccc3)cc2)nc(C)n1. The van der Waals surface area contributed by atoms with Crippen molar-refractivity contribution in [3.8, 4) is 11.5 Å². The van der Waals surface area contributed by atoms with Gasteiger partial charge in [0.15, 0.2) is 0 Å². The molecule has 6 nitrogen and oxygen atoms in total. The Morgan fingerprint density at radius 2 is 1.58 bits per heavy atom. The van der Waals surface area contributed by atoms with Crippen molar-refractivity contribution in [2.45, 2.75) is 6.92 Å². The molecule has 1 heterocycles. The first-order valence-electron chi connectivity index (χ1n) is 8.41. The average molecular weight is 350 g/mol. The van der Waals surface area contributed by atoms with E-state index in [0.717, 1.165) is 28.8 Å². The van der Waals surface area contributed by atoms with Gasteiger partial charge in [-0.1, -0.05) is 18.2 Å². The van der Waals surface area contributed by atoms with Crippen LogP contribution in [-0.2, 0) is 4.74 Å². The molecular weight excluding hydrogens is 328 g/mol. The maximum absolute atomic E-state index is 5.80. The standard InChI is InChI=1S/C20H22N4O2/c1-15-22-19(21-12-13-25-2)14-20(23-15)24-16-8-10-18(11-9-16)26-17-6-4-3-5-7-17/h3-11,14H,12-13H2,1-2H3,(H2,21,22,23,24). The van der Waals surface area contributed by atoms with Crippen LogP contribution in [-0.4, -0.2) is 30.2 Å². The second-order valence-corrected chi connectivity index (χ2v) is 5.67. The largest absolute Gasteiger partial charge is 0.457 e. The second kappa shape index (κ2) is 8.82. The number of aryl methyl sites for hydroxylation is 1. The summed E-state index contributed by atoms with van der Waals surface area (Å²) >= 11 is 0. The quantitative estimate of drug-likeness (QED) is 0.588. The molecule has 0 saturated heterocycles. The summed E-state index contributed by atoms with van der Waals surface area (Å²) in [4.78, 5) is 8.79. The summed E-state index contributed by atoms with van der Waals surface area (Å²) < 4.78 is 10.8. The zero-order valence-electron chi connectivity index (χ0n) is 14.9. The molecule has 26 heavy (non-hydrogen) atoms. The molecule has 0 spiro atoms. The molecule has 134 valence electrons. The molecular formula is C20H22N4O2. The van der Waals surface area contributed by atoms with Gasteiger partial charge < -0.3 is 20.1 Å². The molecule has 0 atom stereocenters. The fourth-order valence-electron chi connectivity index (χ4n) is 2.38. The molecule has 0 saturated carbocycles. The predicted octanol–water partition coefficient (Wildman–Crippen LogP) is 4.38. The Morgan fingerprint density at radius 1 is 0.885 bits per heavy atom. The zero-order valence-corrected chi connectivity index (χ0v) is 14.9. The van der Waals surface area contributed by atoms with Gasteiger partial charge in [-0.2, -0.15) is 0 Å². The van der Waals surface area contributed by atoms with Crippen LogP contribution in [0.3, 0.4) is 0 Å². The highest BCUT2D eigenvalue weighted by molar-refractivity contribution is 5.60. The summed E-state index contributed by atoms with van der Waals surface area (Å²) in [5.74, 6) is 3.78. The highest BCUT2D eigenvalue weighted by Crippen LogP contribution is 2.24. The van der Waals surface area contributed by atoms with Gasteiger partial charge in [0, 0.05) is 25.4 Å². The molecule has 0 unspecified atom stereocenters. The van der Waals surface area contributed by atoms with Crippen LogP contribution in [0.2, 0.25) is 0 Å². The monoisotopic (exact) mass is 350 g/mol. The second-order valence-electron chi connectivity index (χ2n) is 5.67. The van der Waals surface area contributed by atoms with Crippen LogP contribution >= 0.6 is 0 Å². The Bertz CT molecular complexity index is 823. The molecule has 6 heteroatoms. The number of benzene rings is 2. The molecule has 0 amide bonds. The molecule has 3 aromatic rings. The van der Waals surface area contributed by atoms with Crippen molar-refractivity contribution in [3.63, 3.8) is 0 Å². The summed E-state index contributed by atoms with van der Waals surface area (Å²) in [6.45, 7) is 3.18. The van der Waals surface area contributed by atoms with Gasteiger partial charge in [-0.05, 0) is 43.3 Å². The van der Waals surface area contributed by atoms with E-state index in [2.05, 4.69) is 20.6 Å². The van der Waals surface area contributed by atoms with E-state index in [4.69, 9.17) is 9.47 Å². The van der Waals surface area contributed by atoms with Crippen LogP contribution in [0.15, 0.2) is 60.7 Å². The molecule has 2 N–H and O–H groups in total. The smallest absolute Gasteiger partial charge is 0.136 e. The zero-order chi connectivity index (χ0) is 18.2. The lowest BCUT2D eigenvalue weighted by Crippen LogP contribution is -2.10. The number of anilines is 3. The number of nitrogens with one attached hydrogen (secondary N) is 2. The molecule has 0 radical (unpaired) electrons. The molecule has 0 aliphatic heterocycles. The average Bonchev–Trinajstić information content (AvgIpc) is 2.64. The topological polar surface area (TPSA) is 68.3 Å². The van der Waals surface area contributed by atoms with Crippen molar-refractivity contribution in [1.29, 1.82) is 0 Å². The van der Waals surface area contributed by atoms with E-state index in [1.165, 1.54) is 0 Å². The first-order chi connectivity index (χ1) is 12.7. The van der Waals surface area contributed by atoms with Gasteiger partial charge in [0.25, 0.3) is 0 Å². The van der Waals surface area contributed by atoms with Crippen LogP contribution in [0.5, 0.6) is 11.5 Å². The van der Waals surface area contributed by atoms with Crippen molar-refractivity contribution in [2.24, 2.45) is 0 Å². The number of methoxy groups -OCH3 is 1. The summed E-state index contributed by atoms with van der Waals surface area (Å²) in [5.41, 5.74) is 0.923. The van der Waals surface area contributed by atoms with E-state index in [0.29, 0.717) is 19.0 Å². The molecule has 2 aromatic carbocycles. The number of ether oxygens (including phenoxy) is 2. The maximum Gasteiger partial charge on any atom is 0.136 e. The van der Waals surface area contributed by atoms with E-state index < -0.39 is 0 Å². The molecule has 3 rings (SSSR count). The molecule has 1 aromatic heterocycles. The van der Waals surface area contributed by atoms with Gasteiger partial charge in [0.05, 0.1) is 6.61 Å². The Balaban J connectivity index is 1.65. The lowest BCUT2D eigenvalue weighted by molar-refractivity contribution is 0.210. The van der Waals surface area contributed by atoms with Gasteiger partial charge in [-0.3, -0.25) is 0 Å².